The van der Waals surface area contributed by atoms with Crippen LogP contribution in [-0.2, 0) is 4.79 Å². The number of hydrogen-bond donors (Lipinski definition) is 2. The standard InChI is InChI=1S/C17H22N4O2/c1-11-4-3-5-14(10-11)17-20-19-16(23-17)12(2)21-8-6-13(7-9-21)15(18)22/h3-5,10,12-13H,6-9H2,1-2H3,(H2,18,22)/p+1/t12-/m0/s1. The van der Waals surface area contributed by atoms with Gasteiger partial charge in [0.05, 0.1) is 13.1 Å². The van der Waals surface area contributed by atoms with Gasteiger partial charge in [-0.15, -0.1) is 10.2 Å². The predicted octanol–water partition coefficient (Wildman–Crippen LogP) is 0.886. The number of aromatic nitrogens is 2. The van der Waals surface area contributed by atoms with E-state index in [9.17, 15) is 4.79 Å². The van der Waals surface area contributed by atoms with Crippen LogP contribution in [0.5, 0.6) is 0 Å². The zero-order valence-electron chi connectivity index (χ0n) is 13.6. The second kappa shape index (κ2) is 6.50. The van der Waals surface area contributed by atoms with Crippen molar-refractivity contribution in [3.8, 4) is 11.5 Å². The number of rotatable bonds is 4. The molecule has 0 spiro atoms. The van der Waals surface area contributed by atoms with E-state index in [0.29, 0.717) is 11.8 Å². The summed E-state index contributed by atoms with van der Waals surface area (Å²) in [5.41, 5.74) is 7.50. The lowest BCUT2D eigenvalue weighted by molar-refractivity contribution is -0.936. The van der Waals surface area contributed by atoms with Crippen LogP contribution in [0.4, 0.5) is 0 Å². The fourth-order valence-corrected chi connectivity index (χ4v) is 3.19. The number of nitrogens with two attached hydrogens (primary N) is 1. The molecular formula is C17H23N4O2+. The topological polar surface area (TPSA) is 86.5 Å². The van der Waals surface area contributed by atoms with Crippen LogP contribution in [0, 0.1) is 12.8 Å². The number of benzene rings is 1. The van der Waals surface area contributed by atoms with Gasteiger partial charge in [-0.1, -0.05) is 17.7 Å². The molecule has 1 aromatic heterocycles. The third kappa shape index (κ3) is 3.42. The molecule has 3 rings (SSSR count). The molecule has 1 atom stereocenters. The molecule has 0 radical (unpaired) electrons. The minimum atomic E-state index is -0.184. The van der Waals surface area contributed by atoms with E-state index in [2.05, 4.69) is 17.1 Å². The van der Waals surface area contributed by atoms with Gasteiger partial charge in [-0.3, -0.25) is 4.79 Å². The van der Waals surface area contributed by atoms with Gasteiger partial charge in [-0.2, -0.15) is 0 Å². The number of nitrogens with zero attached hydrogens (tertiary/aromatic N) is 2. The summed E-state index contributed by atoms with van der Waals surface area (Å²) in [6.07, 6.45) is 1.65. The van der Waals surface area contributed by atoms with Gasteiger partial charge >= 0.3 is 0 Å². The molecule has 2 aromatic rings. The highest BCUT2D eigenvalue weighted by atomic mass is 16.4. The van der Waals surface area contributed by atoms with Crippen molar-refractivity contribution in [1.82, 2.24) is 10.2 Å². The van der Waals surface area contributed by atoms with Crippen molar-refractivity contribution in [3.05, 3.63) is 35.7 Å². The Labute approximate surface area is 135 Å². The van der Waals surface area contributed by atoms with Crippen molar-refractivity contribution in [2.75, 3.05) is 13.1 Å². The molecule has 0 aliphatic carbocycles. The summed E-state index contributed by atoms with van der Waals surface area (Å²) in [6, 6.07) is 8.15. The number of amides is 1. The molecule has 1 fully saturated rings. The lowest BCUT2D eigenvalue weighted by atomic mass is 9.95. The van der Waals surface area contributed by atoms with E-state index in [1.54, 1.807) is 0 Å². The Morgan fingerprint density at radius 1 is 1.35 bits per heavy atom. The van der Waals surface area contributed by atoms with Crippen molar-refractivity contribution in [2.24, 2.45) is 11.7 Å². The Morgan fingerprint density at radius 2 is 2.09 bits per heavy atom. The monoisotopic (exact) mass is 315 g/mol. The average Bonchev–Trinajstić information content (AvgIpc) is 3.04. The van der Waals surface area contributed by atoms with Crippen LogP contribution in [0.1, 0.15) is 37.3 Å². The molecule has 0 saturated carbocycles. The quantitative estimate of drug-likeness (QED) is 0.877. The van der Waals surface area contributed by atoms with Gasteiger partial charge < -0.3 is 15.1 Å². The van der Waals surface area contributed by atoms with Gasteiger partial charge in [0, 0.05) is 24.3 Å². The average molecular weight is 315 g/mol. The van der Waals surface area contributed by atoms with Crippen LogP contribution in [0.25, 0.3) is 11.5 Å². The van der Waals surface area contributed by atoms with E-state index < -0.39 is 0 Å². The van der Waals surface area contributed by atoms with Crippen LogP contribution in [0.3, 0.4) is 0 Å². The lowest BCUT2D eigenvalue weighted by Crippen LogP contribution is -3.13. The molecule has 6 heteroatoms. The summed E-state index contributed by atoms with van der Waals surface area (Å²) in [7, 11) is 0. The number of piperidine rings is 1. The maximum atomic E-state index is 11.3. The predicted molar refractivity (Wildman–Crippen MR) is 85.5 cm³/mol. The molecule has 2 heterocycles. The zero-order chi connectivity index (χ0) is 16.4. The third-order valence-electron chi connectivity index (χ3n) is 4.72. The molecule has 0 bridgehead atoms. The first-order chi connectivity index (χ1) is 11.0. The Morgan fingerprint density at radius 3 is 2.74 bits per heavy atom. The van der Waals surface area contributed by atoms with E-state index >= 15 is 0 Å². The molecule has 1 amide bonds. The van der Waals surface area contributed by atoms with Crippen molar-refractivity contribution in [2.45, 2.75) is 32.7 Å². The third-order valence-corrected chi connectivity index (χ3v) is 4.72. The van der Waals surface area contributed by atoms with E-state index in [4.69, 9.17) is 10.2 Å². The number of primary amides is 1. The van der Waals surface area contributed by atoms with Gasteiger partial charge in [0.25, 0.3) is 5.89 Å². The summed E-state index contributed by atoms with van der Waals surface area (Å²) >= 11 is 0. The maximum Gasteiger partial charge on any atom is 0.274 e. The molecule has 1 aromatic carbocycles. The van der Waals surface area contributed by atoms with Gasteiger partial charge in [-0.25, -0.2) is 0 Å². The molecule has 6 nitrogen and oxygen atoms in total. The molecule has 3 N–H and O–H groups in total. The number of carbonyl (C=O) groups excluding carboxylic acids is 1. The first-order valence-corrected chi connectivity index (χ1v) is 8.09. The summed E-state index contributed by atoms with van der Waals surface area (Å²) in [6.45, 7) is 5.93. The van der Waals surface area contributed by atoms with E-state index in [1.165, 1.54) is 4.90 Å². The molecule has 1 aliphatic rings. The normalized spacial score (nSPS) is 22.7. The highest BCUT2D eigenvalue weighted by Crippen LogP contribution is 2.21. The first-order valence-electron chi connectivity index (χ1n) is 8.09. The van der Waals surface area contributed by atoms with E-state index in [0.717, 1.165) is 37.1 Å². The highest BCUT2D eigenvalue weighted by Gasteiger charge is 2.31. The van der Waals surface area contributed by atoms with Crippen LogP contribution < -0.4 is 10.6 Å². The summed E-state index contributed by atoms with van der Waals surface area (Å²) in [5, 5.41) is 8.40. The maximum absolute atomic E-state index is 11.3. The number of nitrogens with one attached hydrogen (secondary N) is 1. The fourth-order valence-electron chi connectivity index (χ4n) is 3.19. The van der Waals surface area contributed by atoms with Gasteiger partial charge in [-0.05, 0) is 26.0 Å². The zero-order valence-corrected chi connectivity index (χ0v) is 13.6. The summed E-state index contributed by atoms with van der Waals surface area (Å²) in [5.74, 6) is 1.03. The van der Waals surface area contributed by atoms with Crippen LogP contribution in [0.2, 0.25) is 0 Å². The molecule has 1 saturated heterocycles. The SMILES string of the molecule is Cc1cccc(-c2nnc([C@H](C)[NH+]3CCC(C(N)=O)CC3)o2)c1. The van der Waals surface area contributed by atoms with E-state index in [1.807, 2.05) is 31.2 Å². The number of aryl methyl sites for hydroxylation is 1. The molecule has 1 aliphatic heterocycles. The van der Waals surface area contributed by atoms with Crippen molar-refractivity contribution < 1.29 is 14.1 Å². The first kappa shape index (κ1) is 15.7. The van der Waals surface area contributed by atoms with Crippen LogP contribution in [0.15, 0.2) is 28.7 Å². The molecule has 122 valence electrons. The largest absolute Gasteiger partial charge is 0.415 e. The summed E-state index contributed by atoms with van der Waals surface area (Å²) < 4.78 is 5.88. The Balaban J connectivity index is 1.69. The minimum Gasteiger partial charge on any atom is -0.415 e. The number of quaternary nitrogens is 1. The molecule has 0 unspecified atom stereocenters. The molecular weight excluding hydrogens is 292 g/mol. The van der Waals surface area contributed by atoms with Crippen LogP contribution in [-0.4, -0.2) is 29.2 Å². The van der Waals surface area contributed by atoms with Crippen LogP contribution >= 0.6 is 0 Å². The smallest absolute Gasteiger partial charge is 0.274 e. The van der Waals surface area contributed by atoms with Gasteiger partial charge in [0.15, 0.2) is 6.04 Å². The Kier molecular flexibility index (Phi) is 4.43. The van der Waals surface area contributed by atoms with Crippen molar-refractivity contribution in [1.29, 1.82) is 0 Å². The lowest BCUT2D eigenvalue weighted by Gasteiger charge is -2.30. The fraction of sp³-hybridized carbons (Fsp3) is 0.471. The number of likely N-dealkylation sites (tertiary alicyclic amines) is 1. The van der Waals surface area contributed by atoms with E-state index in [-0.39, 0.29) is 17.9 Å². The number of carbonyl (C=O) groups is 1. The minimum absolute atomic E-state index is 0.0106. The second-order valence-corrected chi connectivity index (χ2v) is 6.37. The second-order valence-electron chi connectivity index (χ2n) is 6.37. The summed E-state index contributed by atoms with van der Waals surface area (Å²) in [4.78, 5) is 12.6. The number of hydrogen-bond acceptors (Lipinski definition) is 4. The van der Waals surface area contributed by atoms with Crippen molar-refractivity contribution >= 4 is 5.91 Å². The van der Waals surface area contributed by atoms with Gasteiger partial charge in [0.1, 0.15) is 0 Å². The highest BCUT2D eigenvalue weighted by molar-refractivity contribution is 5.76. The Bertz CT molecular complexity index is 689. The molecule has 23 heavy (non-hydrogen) atoms. The van der Waals surface area contributed by atoms with Gasteiger partial charge in [0.2, 0.25) is 11.8 Å². The Hall–Kier alpha value is -2.21. The van der Waals surface area contributed by atoms with Crippen molar-refractivity contribution in [3.63, 3.8) is 0 Å².